The molecule has 0 heterocycles. The highest BCUT2D eigenvalue weighted by Crippen LogP contribution is 1.86. The van der Waals surface area contributed by atoms with E-state index in [1.807, 2.05) is 6.92 Å². The maximum absolute atomic E-state index is 9.17. The highest BCUT2D eigenvalue weighted by Gasteiger charge is 2.05. The van der Waals surface area contributed by atoms with Gasteiger partial charge in [-0.2, -0.15) is 0 Å². The molecule has 0 aliphatic heterocycles. The average molecular weight is 145 g/mol. The van der Waals surface area contributed by atoms with Gasteiger partial charge in [-0.15, -0.1) is 0 Å². The minimum absolute atomic E-state index is 0.232. The van der Waals surface area contributed by atoms with Crippen molar-refractivity contribution in [2.24, 2.45) is 4.99 Å². The molecule has 1 atom stereocenters. The summed E-state index contributed by atoms with van der Waals surface area (Å²) in [7, 11) is -0.890. The van der Waals surface area contributed by atoms with Gasteiger partial charge < -0.3 is 5.11 Å². The smallest absolute Gasteiger partial charge is 0.0747 e. The summed E-state index contributed by atoms with van der Waals surface area (Å²) in [6, 6.07) is 0. The van der Waals surface area contributed by atoms with Crippen molar-refractivity contribution in [3.05, 3.63) is 0 Å². The Morgan fingerprint density at radius 1 is 1.67 bits per heavy atom. The molecule has 0 bridgehead atoms. The molecule has 0 aromatic heterocycles. The molecule has 1 N–H and O–H groups in total. The number of aliphatic hydroxyl groups is 1. The molecule has 0 aromatic rings. The van der Waals surface area contributed by atoms with E-state index < -0.39 is 8.80 Å². The summed E-state index contributed by atoms with van der Waals surface area (Å²) in [6.07, 6.45) is 1.66. The first kappa shape index (κ1) is 8.85. The zero-order valence-corrected chi connectivity index (χ0v) is 7.49. The van der Waals surface area contributed by atoms with Crippen LogP contribution in [0.3, 0.4) is 0 Å². The van der Waals surface area contributed by atoms with Crippen LogP contribution in [0.1, 0.15) is 6.92 Å². The fourth-order valence-corrected chi connectivity index (χ4v) is 0.852. The summed E-state index contributed by atoms with van der Waals surface area (Å²) in [5, 5.41) is 9.17. The monoisotopic (exact) mass is 145 g/mol. The fraction of sp³-hybridized carbons (Fsp3) is 0.833. The molecule has 2 nitrogen and oxygen atoms in total. The van der Waals surface area contributed by atoms with E-state index in [9.17, 15) is 0 Å². The summed E-state index contributed by atoms with van der Waals surface area (Å²) in [5.41, 5.74) is -0.232. The number of hydrogen-bond donors (Lipinski definition) is 1. The van der Waals surface area contributed by atoms with Gasteiger partial charge in [0.05, 0.1) is 14.5 Å². The van der Waals surface area contributed by atoms with E-state index in [2.05, 4.69) is 18.1 Å². The summed E-state index contributed by atoms with van der Waals surface area (Å²) >= 11 is 0. The summed E-state index contributed by atoms with van der Waals surface area (Å²) < 4.78 is 0. The van der Waals surface area contributed by atoms with Crippen LogP contribution in [0.5, 0.6) is 0 Å². The van der Waals surface area contributed by atoms with Crippen LogP contribution in [-0.4, -0.2) is 32.4 Å². The molecule has 0 aromatic carbocycles. The Labute approximate surface area is 58.2 Å². The molecule has 1 unspecified atom stereocenters. The predicted molar refractivity (Wildman–Crippen MR) is 43.9 cm³/mol. The number of aliphatic hydroxyl groups excluding tert-OH is 1. The van der Waals surface area contributed by atoms with Crippen molar-refractivity contribution in [1.82, 2.24) is 0 Å². The molecule has 0 amide bonds. The first-order chi connectivity index (χ1) is 4.18. The molecule has 0 aliphatic rings. The van der Waals surface area contributed by atoms with Crippen molar-refractivity contribution in [3.63, 3.8) is 0 Å². The number of aliphatic imine (C=N–C) groups is 1. The Hall–Kier alpha value is -0.153. The van der Waals surface area contributed by atoms with Gasteiger partial charge in [0, 0.05) is 12.8 Å². The maximum atomic E-state index is 9.17. The van der Waals surface area contributed by atoms with Crippen LogP contribution >= 0.6 is 0 Å². The van der Waals surface area contributed by atoms with Gasteiger partial charge in [-0.25, -0.2) is 0 Å². The first-order valence-electron chi connectivity index (χ1n) is 3.36. The largest absolute Gasteiger partial charge is 0.391 e. The summed E-state index contributed by atoms with van der Waals surface area (Å²) in [4.78, 5) is 3.95. The molecule has 54 valence electrons. The van der Waals surface area contributed by atoms with Gasteiger partial charge in [0.25, 0.3) is 0 Å². The van der Waals surface area contributed by atoms with Crippen LogP contribution in [-0.2, 0) is 0 Å². The van der Waals surface area contributed by atoms with Gasteiger partial charge in [-0.3, -0.25) is 4.99 Å². The normalized spacial score (nSPS) is 15.2. The van der Waals surface area contributed by atoms with Crippen LogP contribution in [0.15, 0.2) is 4.99 Å². The Kier molecular flexibility index (Phi) is 4.62. The van der Waals surface area contributed by atoms with E-state index in [0.717, 1.165) is 6.54 Å². The molecule has 9 heavy (non-hydrogen) atoms. The standard InChI is InChI=1S/C6H15NOSi/c1-4-7-5-6(8)9(2)3/h5-6,8-9H,4H2,1-3H3. The third-order valence-electron chi connectivity index (χ3n) is 1.12. The molecular formula is C6H15NOSi. The molecule has 0 spiro atoms. The second kappa shape index (κ2) is 4.70. The van der Waals surface area contributed by atoms with Crippen LogP contribution in [0.2, 0.25) is 13.1 Å². The molecule has 3 heteroatoms. The lowest BCUT2D eigenvalue weighted by Gasteiger charge is -2.05. The van der Waals surface area contributed by atoms with E-state index in [-0.39, 0.29) is 5.73 Å². The number of nitrogens with zero attached hydrogens (tertiary/aromatic N) is 1. The van der Waals surface area contributed by atoms with Gasteiger partial charge in [0.15, 0.2) is 0 Å². The molecule has 0 rings (SSSR count). The molecule has 0 saturated heterocycles. The predicted octanol–water partition coefficient (Wildman–Crippen LogP) is 0.464. The molecule has 0 fully saturated rings. The SMILES string of the molecule is CCN=CC(O)[SiH](C)C. The quantitative estimate of drug-likeness (QED) is 0.454. The highest BCUT2D eigenvalue weighted by atomic mass is 28.3. The fourth-order valence-electron chi connectivity index (χ4n) is 0.386. The van der Waals surface area contributed by atoms with Crippen molar-refractivity contribution in [3.8, 4) is 0 Å². The minimum atomic E-state index is -0.890. The molecule has 0 aliphatic carbocycles. The van der Waals surface area contributed by atoms with Crippen molar-refractivity contribution < 1.29 is 5.11 Å². The number of rotatable bonds is 3. The van der Waals surface area contributed by atoms with Gasteiger partial charge in [0.1, 0.15) is 0 Å². The van der Waals surface area contributed by atoms with Crippen LogP contribution in [0.25, 0.3) is 0 Å². The number of hydrogen-bond acceptors (Lipinski definition) is 2. The lowest BCUT2D eigenvalue weighted by atomic mass is 10.7. The Balaban J connectivity index is 3.48. The first-order valence-corrected chi connectivity index (χ1v) is 6.34. The zero-order chi connectivity index (χ0) is 7.28. The third kappa shape index (κ3) is 4.36. The van der Waals surface area contributed by atoms with E-state index in [4.69, 9.17) is 5.11 Å². The van der Waals surface area contributed by atoms with Crippen molar-refractivity contribution in [2.75, 3.05) is 6.54 Å². The molecular weight excluding hydrogens is 130 g/mol. The van der Waals surface area contributed by atoms with E-state index in [0.29, 0.717) is 0 Å². The second-order valence-electron chi connectivity index (χ2n) is 2.38. The Morgan fingerprint density at radius 3 is 2.56 bits per heavy atom. The van der Waals surface area contributed by atoms with Crippen molar-refractivity contribution in [2.45, 2.75) is 25.7 Å². The summed E-state index contributed by atoms with van der Waals surface area (Å²) in [6.45, 7) is 6.95. The highest BCUT2D eigenvalue weighted by molar-refractivity contribution is 6.60. The lowest BCUT2D eigenvalue weighted by molar-refractivity contribution is 0.316. The van der Waals surface area contributed by atoms with E-state index in [1.165, 1.54) is 0 Å². The maximum Gasteiger partial charge on any atom is 0.0747 e. The van der Waals surface area contributed by atoms with E-state index in [1.54, 1.807) is 6.21 Å². The van der Waals surface area contributed by atoms with E-state index >= 15 is 0 Å². The zero-order valence-electron chi connectivity index (χ0n) is 6.33. The van der Waals surface area contributed by atoms with Gasteiger partial charge >= 0.3 is 0 Å². The molecule has 0 saturated carbocycles. The lowest BCUT2D eigenvalue weighted by Crippen LogP contribution is -2.25. The topological polar surface area (TPSA) is 32.6 Å². The van der Waals surface area contributed by atoms with Gasteiger partial charge in [-0.1, -0.05) is 13.1 Å². The average Bonchev–Trinajstić information content (AvgIpc) is 1.82. The summed E-state index contributed by atoms with van der Waals surface area (Å²) in [5.74, 6) is 0. The second-order valence-corrected chi connectivity index (χ2v) is 5.55. The van der Waals surface area contributed by atoms with Gasteiger partial charge in [-0.05, 0) is 6.92 Å². The van der Waals surface area contributed by atoms with Crippen LogP contribution in [0.4, 0.5) is 0 Å². The van der Waals surface area contributed by atoms with Crippen molar-refractivity contribution in [1.29, 1.82) is 0 Å². The van der Waals surface area contributed by atoms with Crippen LogP contribution in [0, 0.1) is 0 Å². The van der Waals surface area contributed by atoms with Crippen molar-refractivity contribution >= 4 is 15.0 Å². The third-order valence-corrected chi connectivity index (χ3v) is 2.66. The molecule has 0 radical (unpaired) electrons. The van der Waals surface area contributed by atoms with Gasteiger partial charge in [0.2, 0.25) is 0 Å². The Bertz CT molecular complexity index is 93.1. The minimum Gasteiger partial charge on any atom is -0.391 e. The van der Waals surface area contributed by atoms with Crippen LogP contribution < -0.4 is 0 Å². The Morgan fingerprint density at radius 2 is 2.22 bits per heavy atom.